The molecule has 13 heteroatoms. The zero-order chi connectivity index (χ0) is 28.7. The first kappa shape index (κ1) is 27.3. The molecule has 2 aromatic heterocycles. The largest absolute Gasteiger partial charge is 0.419 e. The number of hydrogen-bond acceptors (Lipinski definition) is 7. The topological polar surface area (TPSA) is 102 Å². The molecule has 1 spiro atoms. The van der Waals surface area contributed by atoms with Crippen molar-refractivity contribution in [3.05, 3.63) is 83.2 Å². The third kappa shape index (κ3) is 4.69. The van der Waals surface area contributed by atoms with E-state index < -0.39 is 40.5 Å². The van der Waals surface area contributed by atoms with Gasteiger partial charge in [-0.3, -0.25) is 19.5 Å². The minimum atomic E-state index is -4.88. The maximum Gasteiger partial charge on any atom is 0.419 e. The average molecular weight is 569 g/mol. The minimum absolute atomic E-state index is 0.128. The number of thiocarbonyl (C=S) groups is 1. The summed E-state index contributed by atoms with van der Waals surface area (Å²) in [6, 6.07) is 9.50. The second-order valence-corrected chi connectivity index (χ2v) is 9.76. The number of pyridine rings is 2. The van der Waals surface area contributed by atoms with Crippen molar-refractivity contribution in [2.75, 3.05) is 16.3 Å². The lowest BCUT2D eigenvalue weighted by Crippen LogP contribution is -2.55. The number of nitriles is 1. The standard InChI is InChI=1S/C27H20F4N6O2S/c28-21-10-17(4-5-19(21)23(38)15-34-13-16-3-1-8-33-12-16)37-25(40)36(24(39)26(37)6-2-7-26)18-9-20(27(29,30)31)22(11-32)35-14-18/h1,3-5,8-10,12,14,34H,2,6-7,13,15H2. The number of aromatic nitrogens is 2. The Kier molecular flexibility index (Phi) is 7.07. The predicted molar refractivity (Wildman–Crippen MR) is 140 cm³/mol. The molecule has 40 heavy (non-hydrogen) atoms. The van der Waals surface area contributed by atoms with Crippen molar-refractivity contribution in [1.82, 2.24) is 15.3 Å². The molecule has 1 aliphatic carbocycles. The normalized spacial score (nSPS) is 16.3. The van der Waals surface area contributed by atoms with Gasteiger partial charge in [-0.1, -0.05) is 6.07 Å². The molecule has 0 atom stereocenters. The van der Waals surface area contributed by atoms with Crippen LogP contribution in [-0.4, -0.2) is 38.9 Å². The molecule has 1 aromatic carbocycles. The molecule has 204 valence electrons. The molecule has 2 fully saturated rings. The first-order chi connectivity index (χ1) is 19.1. The summed E-state index contributed by atoms with van der Waals surface area (Å²) in [6.45, 7) is 0.235. The van der Waals surface area contributed by atoms with E-state index >= 15 is 4.39 Å². The van der Waals surface area contributed by atoms with Gasteiger partial charge in [-0.05, 0) is 67.4 Å². The van der Waals surface area contributed by atoms with Crippen molar-refractivity contribution in [3.8, 4) is 6.07 Å². The van der Waals surface area contributed by atoms with Crippen LogP contribution in [0.1, 0.15) is 46.4 Å². The van der Waals surface area contributed by atoms with Gasteiger partial charge in [0.1, 0.15) is 17.4 Å². The first-order valence-corrected chi connectivity index (χ1v) is 12.6. The second-order valence-electron chi connectivity index (χ2n) is 9.40. The quantitative estimate of drug-likeness (QED) is 0.252. The predicted octanol–water partition coefficient (Wildman–Crippen LogP) is 4.54. The fourth-order valence-corrected chi connectivity index (χ4v) is 5.35. The van der Waals surface area contributed by atoms with E-state index in [9.17, 15) is 22.8 Å². The summed E-state index contributed by atoms with van der Waals surface area (Å²) in [6.07, 6.45) is 0.709. The Morgan fingerprint density at radius 1 is 1.18 bits per heavy atom. The zero-order valence-electron chi connectivity index (χ0n) is 20.7. The SMILES string of the molecule is N#Cc1ncc(N2C(=O)C3(CCC3)N(c3ccc(C(=O)CNCc4cccnc4)c(F)c3)C2=S)cc1C(F)(F)F. The van der Waals surface area contributed by atoms with Crippen LogP contribution in [0.4, 0.5) is 28.9 Å². The van der Waals surface area contributed by atoms with E-state index in [-0.39, 0.29) is 28.6 Å². The molecule has 8 nitrogen and oxygen atoms in total. The van der Waals surface area contributed by atoms with Crippen LogP contribution in [0.3, 0.4) is 0 Å². The smallest absolute Gasteiger partial charge is 0.306 e. The van der Waals surface area contributed by atoms with E-state index in [0.29, 0.717) is 31.9 Å². The molecule has 5 rings (SSSR count). The number of rotatable bonds is 7. The van der Waals surface area contributed by atoms with Gasteiger partial charge in [-0.15, -0.1) is 0 Å². The number of Topliss-reactive ketones (excluding diaryl/α,β-unsaturated/α-hetero) is 1. The second kappa shape index (κ2) is 10.4. The van der Waals surface area contributed by atoms with Gasteiger partial charge in [0.05, 0.1) is 29.6 Å². The van der Waals surface area contributed by atoms with Gasteiger partial charge in [0.2, 0.25) is 0 Å². The number of hydrogen-bond donors (Lipinski definition) is 1. The summed E-state index contributed by atoms with van der Waals surface area (Å²) in [5.74, 6) is -1.88. The van der Waals surface area contributed by atoms with E-state index in [4.69, 9.17) is 17.5 Å². The van der Waals surface area contributed by atoms with E-state index in [1.807, 2.05) is 6.07 Å². The van der Waals surface area contributed by atoms with Gasteiger partial charge in [0.25, 0.3) is 5.91 Å². The lowest BCUT2D eigenvalue weighted by molar-refractivity contribution is -0.138. The molecule has 3 heterocycles. The summed E-state index contributed by atoms with van der Waals surface area (Å²) in [5.41, 5.74) is -2.70. The molecule has 1 saturated carbocycles. The Balaban J connectivity index is 1.41. The average Bonchev–Trinajstić information content (AvgIpc) is 3.14. The van der Waals surface area contributed by atoms with E-state index in [1.54, 1.807) is 18.5 Å². The lowest BCUT2D eigenvalue weighted by atomic mass is 9.75. The Hall–Kier alpha value is -4.28. The monoisotopic (exact) mass is 568 g/mol. The molecule has 1 amide bonds. The maximum absolute atomic E-state index is 15.2. The minimum Gasteiger partial charge on any atom is -0.306 e. The molecular formula is C27H20F4N6O2S. The molecule has 0 radical (unpaired) electrons. The van der Waals surface area contributed by atoms with Crippen LogP contribution < -0.4 is 15.1 Å². The number of benzene rings is 1. The number of carbonyl (C=O) groups excluding carboxylic acids is 2. The number of nitrogens with one attached hydrogen (secondary N) is 1. The van der Waals surface area contributed by atoms with Crippen LogP contribution in [0, 0.1) is 17.1 Å². The Morgan fingerprint density at radius 3 is 2.55 bits per heavy atom. The number of halogens is 4. The molecule has 1 N–H and O–H groups in total. The molecule has 3 aromatic rings. The van der Waals surface area contributed by atoms with Crippen molar-refractivity contribution in [3.63, 3.8) is 0 Å². The summed E-state index contributed by atoms with van der Waals surface area (Å²) in [5, 5.41) is 11.8. The van der Waals surface area contributed by atoms with Crippen molar-refractivity contribution < 1.29 is 27.2 Å². The molecule has 0 bridgehead atoms. The molecular weight excluding hydrogens is 548 g/mol. The van der Waals surface area contributed by atoms with Crippen molar-refractivity contribution in [2.45, 2.75) is 37.5 Å². The summed E-state index contributed by atoms with van der Waals surface area (Å²) in [4.78, 5) is 36.2. The highest BCUT2D eigenvalue weighted by Crippen LogP contribution is 2.48. The Morgan fingerprint density at radius 2 is 1.95 bits per heavy atom. The number of alkyl halides is 3. The number of nitrogens with zero attached hydrogens (tertiary/aromatic N) is 5. The third-order valence-electron chi connectivity index (χ3n) is 6.98. The first-order valence-electron chi connectivity index (χ1n) is 12.2. The van der Waals surface area contributed by atoms with E-state index in [0.717, 1.165) is 22.7 Å². The summed E-state index contributed by atoms with van der Waals surface area (Å²) in [7, 11) is 0. The van der Waals surface area contributed by atoms with E-state index in [1.165, 1.54) is 23.1 Å². The lowest BCUT2D eigenvalue weighted by Gasteiger charge is -2.43. The fourth-order valence-electron chi connectivity index (χ4n) is 4.88. The van der Waals surface area contributed by atoms with Gasteiger partial charge < -0.3 is 10.2 Å². The molecule has 0 unspecified atom stereocenters. The Bertz CT molecular complexity index is 1550. The van der Waals surface area contributed by atoms with Gasteiger partial charge in [-0.25, -0.2) is 9.37 Å². The number of ketones is 1. The van der Waals surface area contributed by atoms with Gasteiger partial charge in [-0.2, -0.15) is 18.4 Å². The number of anilines is 2. The maximum atomic E-state index is 15.2. The highest BCUT2D eigenvalue weighted by molar-refractivity contribution is 7.81. The summed E-state index contributed by atoms with van der Waals surface area (Å²) >= 11 is 5.53. The molecule has 1 aliphatic heterocycles. The van der Waals surface area contributed by atoms with Crippen LogP contribution in [0.2, 0.25) is 0 Å². The highest BCUT2D eigenvalue weighted by atomic mass is 32.1. The molecule has 2 aliphatic rings. The third-order valence-corrected chi connectivity index (χ3v) is 7.35. The highest BCUT2D eigenvalue weighted by Gasteiger charge is 2.60. The van der Waals surface area contributed by atoms with Crippen LogP contribution >= 0.6 is 12.2 Å². The summed E-state index contributed by atoms with van der Waals surface area (Å²) < 4.78 is 55.9. The van der Waals surface area contributed by atoms with Crippen molar-refractivity contribution in [1.29, 1.82) is 5.26 Å². The number of carbonyl (C=O) groups is 2. The van der Waals surface area contributed by atoms with Gasteiger partial charge >= 0.3 is 6.18 Å². The Labute approximate surface area is 231 Å². The molecule has 1 saturated heterocycles. The number of amides is 1. The van der Waals surface area contributed by atoms with Crippen LogP contribution in [0.15, 0.2) is 55.0 Å². The fraction of sp³-hybridized carbons (Fsp3) is 0.259. The van der Waals surface area contributed by atoms with Crippen molar-refractivity contribution >= 4 is 40.4 Å². The van der Waals surface area contributed by atoms with Crippen LogP contribution in [0.25, 0.3) is 0 Å². The van der Waals surface area contributed by atoms with Gasteiger partial charge in [0, 0.05) is 24.6 Å². The zero-order valence-corrected chi connectivity index (χ0v) is 21.5. The van der Waals surface area contributed by atoms with Gasteiger partial charge in [0.15, 0.2) is 16.6 Å². The van der Waals surface area contributed by atoms with Crippen LogP contribution in [0.5, 0.6) is 0 Å². The van der Waals surface area contributed by atoms with E-state index in [2.05, 4.69) is 15.3 Å². The van der Waals surface area contributed by atoms with Crippen LogP contribution in [-0.2, 0) is 17.5 Å². The van der Waals surface area contributed by atoms with Crippen molar-refractivity contribution in [2.24, 2.45) is 0 Å².